The fourth-order valence-electron chi connectivity index (χ4n) is 7.06. The number of alkyl halides is 1. The number of aryl methyl sites for hydroxylation is 1. The second-order valence-electron chi connectivity index (χ2n) is 14.7. The van der Waals surface area contributed by atoms with Gasteiger partial charge in [-0.25, -0.2) is 18.7 Å². The number of ether oxygens (including phenoxy) is 2. The summed E-state index contributed by atoms with van der Waals surface area (Å²) in [7, 11) is 1.79. The largest absolute Gasteiger partial charge is 0.444 e. The van der Waals surface area contributed by atoms with Gasteiger partial charge in [-0.05, 0) is 89.6 Å². The Balaban J connectivity index is 1.16. The summed E-state index contributed by atoms with van der Waals surface area (Å²) in [5, 5.41) is 8.82. The van der Waals surface area contributed by atoms with Gasteiger partial charge in [0.15, 0.2) is 0 Å². The summed E-state index contributed by atoms with van der Waals surface area (Å²) in [4.78, 5) is 35.0. The Morgan fingerprint density at radius 2 is 1.83 bits per heavy atom. The number of anilines is 1. The normalized spacial score (nSPS) is 20.9. The number of methoxy groups -OCH3 is 1. The Hall–Kier alpha value is -4.19. The van der Waals surface area contributed by atoms with Crippen molar-refractivity contribution in [1.29, 1.82) is 0 Å². The summed E-state index contributed by atoms with van der Waals surface area (Å²) >= 11 is 0. The standard InChI is InChI=1S/C36H46FN7O4/c1-22-29-10-8-25(34(45)42-20-26(37)17-27(21-42)38-35(46)48-36(2,3)4)19-44(29)40-32(22)30-16-24-9-11-31(41-14-12-28(47-5)13-15-41)39-33(24)43(30)18-23-6-7-23/h8-11,16,19,23,26-28H,6-7,12-15,17-18,20-21H2,1-5H3,(H,38,46)/t26-,27-/m1/s1. The molecule has 3 aliphatic rings. The van der Waals surface area contributed by atoms with Crippen LogP contribution in [0.15, 0.2) is 36.5 Å². The van der Waals surface area contributed by atoms with Crippen LogP contribution in [-0.2, 0) is 16.0 Å². The first-order chi connectivity index (χ1) is 23.0. The first-order valence-corrected chi connectivity index (χ1v) is 17.2. The van der Waals surface area contributed by atoms with E-state index in [-0.39, 0.29) is 25.4 Å². The summed E-state index contributed by atoms with van der Waals surface area (Å²) in [6, 6.07) is 9.59. The van der Waals surface area contributed by atoms with E-state index in [1.165, 1.54) is 17.7 Å². The SMILES string of the molecule is COC1CCN(c2ccc3cc(-c4nn5cc(C(=O)N6C[C@H](F)C[C@@H](NC(=O)OC(C)(C)C)C6)ccc5c4C)n(CC4CC4)c3n2)CC1. The third-order valence-corrected chi connectivity index (χ3v) is 9.74. The van der Waals surface area contributed by atoms with E-state index in [2.05, 4.69) is 39.9 Å². The number of likely N-dealkylation sites (tertiary alicyclic amines) is 1. The van der Waals surface area contributed by atoms with Gasteiger partial charge in [0.2, 0.25) is 0 Å². The summed E-state index contributed by atoms with van der Waals surface area (Å²) in [6.07, 6.45) is 4.68. The predicted molar refractivity (Wildman–Crippen MR) is 182 cm³/mol. The third-order valence-electron chi connectivity index (χ3n) is 9.74. The molecule has 6 heterocycles. The van der Waals surface area contributed by atoms with Crippen LogP contribution >= 0.6 is 0 Å². The van der Waals surface area contributed by atoms with Crippen molar-refractivity contribution >= 4 is 34.4 Å². The Bertz CT molecular complexity index is 1830. The molecule has 0 spiro atoms. The summed E-state index contributed by atoms with van der Waals surface area (Å²) in [6.45, 7) is 10.3. The number of nitrogens with zero attached hydrogens (tertiary/aromatic N) is 6. The van der Waals surface area contributed by atoms with Crippen molar-refractivity contribution in [3.8, 4) is 11.4 Å². The highest BCUT2D eigenvalue weighted by atomic mass is 19.1. The molecule has 12 heteroatoms. The molecule has 2 aliphatic heterocycles. The quantitative estimate of drug-likeness (QED) is 0.269. The molecule has 2 atom stereocenters. The minimum atomic E-state index is -1.26. The third kappa shape index (κ3) is 6.72. The first kappa shape index (κ1) is 32.4. The molecular weight excluding hydrogens is 613 g/mol. The van der Waals surface area contributed by atoms with Gasteiger partial charge in [-0.2, -0.15) is 5.10 Å². The zero-order valence-electron chi connectivity index (χ0n) is 28.5. The average Bonchev–Trinajstić information content (AvgIpc) is 3.72. The highest BCUT2D eigenvalue weighted by Gasteiger charge is 2.33. The molecule has 4 aromatic rings. The maximum atomic E-state index is 14.8. The number of alkyl carbamates (subject to hydrolysis) is 1. The van der Waals surface area contributed by atoms with Crippen LogP contribution in [0.3, 0.4) is 0 Å². The highest BCUT2D eigenvalue weighted by molar-refractivity contribution is 5.95. The molecule has 2 amide bonds. The van der Waals surface area contributed by atoms with E-state index in [4.69, 9.17) is 19.6 Å². The van der Waals surface area contributed by atoms with Crippen molar-refractivity contribution in [3.63, 3.8) is 0 Å². The Morgan fingerprint density at radius 1 is 1.06 bits per heavy atom. The molecule has 0 bridgehead atoms. The van der Waals surface area contributed by atoms with Gasteiger partial charge in [0.05, 0.1) is 35.5 Å². The number of fused-ring (bicyclic) bond motifs is 2. The number of pyridine rings is 2. The van der Waals surface area contributed by atoms with Gasteiger partial charge >= 0.3 is 6.09 Å². The predicted octanol–water partition coefficient (Wildman–Crippen LogP) is 5.76. The summed E-state index contributed by atoms with van der Waals surface area (Å²) < 4.78 is 29.8. The van der Waals surface area contributed by atoms with E-state index < -0.39 is 23.9 Å². The summed E-state index contributed by atoms with van der Waals surface area (Å²) in [5.41, 5.74) is 4.47. The van der Waals surface area contributed by atoms with E-state index in [1.807, 2.05) is 6.07 Å². The molecule has 4 aromatic heterocycles. The van der Waals surface area contributed by atoms with Gasteiger partial charge < -0.3 is 29.2 Å². The van der Waals surface area contributed by atoms with Crippen LogP contribution in [0.4, 0.5) is 15.0 Å². The fraction of sp³-hybridized carbons (Fsp3) is 0.556. The van der Waals surface area contributed by atoms with Crippen LogP contribution in [-0.4, -0.2) is 93.3 Å². The number of rotatable bonds is 7. The molecule has 256 valence electrons. The molecule has 48 heavy (non-hydrogen) atoms. The minimum Gasteiger partial charge on any atom is -0.444 e. The lowest BCUT2D eigenvalue weighted by Gasteiger charge is -2.35. The maximum Gasteiger partial charge on any atom is 0.407 e. The Labute approximate surface area is 280 Å². The lowest BCUT2D eigenvalue weighted by Crippen LogP contribution is -2.54. The number of hydrogen-bond acceptors (Lipinski definition) is 7. The highest BCUT2D eigenvalue weighted by Crippen LogP contribution is 2.37. The van der Waals surface area contributed by atoms with E-state index in [1.54, 1.807) is 44.7 Å². The van der Waals surface area contributed by atoms with Gasteiger partial charge in [0, 0.05) is 56.9 Å². The molecule has 11 nitrogen and oxygen atoms in total. The van der Waals surface area contributed by atoms with Gasteiger partial charge in [-0.1, -0.05) is 0 Å². The van der Waals surface area contributed by atoms with Crippen molar-refractivity contribution < 1.29 is 23.5 Å². The molecular formula is C36H46FN7O4. The van der Waals surface area contributed by atoms with Gasteiger partial charge in [-0.3, -0.25) is 4.79 Å². The topological polar surface area (TPSA) is 106 Å². The molecule has 7 rings (SSSR count). The monoisotopic (exact) mass is 659 g/mol. The molecule has 0 aromatic carbocycles. The number of carbonyl (C=O) groups is 2. The lowest BCUT2D eigenvalue weighted by molar-refractivity contribution is 0.0394. The molecule has 1 N–H and O–H groups in total. The number of carbonyl (C=O) groups excluding carboxylic acids is 2. The smallest absolute Gasteiger partial charge is 0.407 e. The molecule has 0 unspecified atom stereocenters. The van der Waals surface area contributed by atoms with Crippen LogP contribution in [0, 0.1) is 12.8 Å². The van der Waals surface area contributed by atoms with Crippen molar-refractivity contribution in [2.24, 2.45) is 5.92 Å². The van der Waals surface area contributed by atoms with E-state index in [9.17, 15) is 14.0 Å². The molecule has 0 radical (unpaired) electrons. The number of piperidine rings is 2. The number of hydrogen-bond donors (Lipinski definition) is 1. The van der Waals surface area contributed by atoms with Crippen LogP contribution in [0.5, 0.6) is 0 Å². The number of amides is 2. The lowest BCUT2D eigenvalue weighted by atomic mass is 10.0. The van der Waals surface area contributed by atoms with Crippen molar-refractivity contribution in [1.82, 2.24) is 29.4 Å². The number of nitrogens with one attached hydrogen (secondary N) is 1. The van der Waals surface area contributed by atoms with E-state index >= 15 is 0 Å². The van der Waals surface area contributed by atoms with Crippen LogP contribution in [0.25, 0.3) is 27.9 Å². The van der Waals surface area contributed by atoms with Gasteiger partial charge in [-0.15, -0.1) is 0 Å². The first-order valence-electron chi connectivity index (χ1n) is 17.2. The van der Waals surface area contributed by atoms with E-state index in [0.717, 1.165) is 71.8 Å². The fourth-order valence-corrected chi connectivity index (χ4v) is 7.06. The van der Waals surface area contributed by atoms with E-state index in [0.29, 0.717) is 17.6 Å². The Morgan fingerprint density at radius 3 is 2.54 bits per heavy atom. The van der Waals surface area contributed by atoms with Crippen molar-refractivity contribution in [2.45, 2.75) is 90.3 Å². The number of halogens is 1. The van der Waals surface area contributed by atoms with Crippen molar-refractivity contribution in [2.75, 3.05) is 38.2 Å². The second kappa shape index (κ2) is 12.7. The molecule has 1 saturated carbocycles. The van der Waals surface area contributed by atoms with Gasteiger partial charge in [0.25, 0.3) is 5.91 Å². The molecule has 1 aliphatic carbocycles. The van der Waals surface area contributed by atoms with Crippen LogP contribution in [0.2, 0.25) is 0 Å². The maximum absolute atomic E-state index is 14.8. The minimum absolute atomic E-state index is 0.0343. The summed E-state index contributed by atoms with van der Waals surface area (Å²) in [5.74, 6) is 1.31. The van der Waals surface area contributed by atoms with Gasteiger partial charge in [0.1, 0.15) is 28.9 Å². The van der Waals surface area contributed by atoms with Crippen LogP contribution < -0.4 is 10.2 Å². The zero-order chi connectivity index (χ0) is 33.7. The van der Waals surface area contributed by atoms with Crippen molar-refractivity contribution in [3.05, 3.63) is 47.7 Å². The Kier molecular flexibility index (Phi) is 8.55. The number of aromatic nitrogens is 4. The zero-order valence-corrected chi connectivity index (χ0v) is 28.5. The second-order valence-corrected chi connectivity index (χ2v) is 14.7. The molecule has 2 saturated heterocycles. The average molecular weight is 660 g/mol. The van der Waals surface area contributed by atoms with Crippen LogP contribution in [0.1, 0.15) is 68.8 Å². The molecule has 3 fully saturated rings.